The summed E-state index contributed by atoms with van der Waals surface area (Å²) in [4.78, 5) is 17.7. The van der Waals surface area contributed by atoms with Crippen molar-refractivity contribution in [2.24, 2.45) is 0 Å². The van der Waals surface area contributed by atoms with Gasteiger partial charge >= 0.3 is 5.97 Å². The highest BCUT2D eigenvalue weighted by Crippen LogP contribution is 2.26. The first kappa shape index (κ1) is 18.0. The van der Waals surface area contributed by atoms with Crippen LogP contribution >= 0.6 is 11.6 Å². The smallest absolute Gasteiger partial charge is 0.320 e. The van der Waals surface area contributed by atoms with E-state index in [-0.39, 0.29) is 16.1 Å². The second kappa shape index (κ2) is 7.59. The van der Waals surface area contributed by atoms with E-state index >= 15 is 0 Å². The molecular weight excluding hydrogens is 374 g/mol. The molecule has 0 bridgehead atoms. The van der Waals surface area contributed by atoms with Crippen LogP contribution in [0.4, 0.5) is 5.69 Å². The zero-order chi connectivity index (χ0) is 18.6. The maximum absolute atomic E-state index is 13.0. The van der Waals surface area contributed by atoms with Gasteiger partial charge in [0, 0.05) is 5.02 Å². The Labute approximate surface area is 156 Å². The molecule has 0 aliphatic heterocycles. The van der Waals surface area contributed by atoms with Crippen LogP contribution in [-0.2, 0) is 14.9 Å². The summed E-state index contributed by atoms with van der Waals surface area (Å²) in [5.74, 6) is -0.792. The Morgan fingerprint density at radius 2 is 1.35 bits per heavy atom. The number of carbonyl (C=O) groups excluding carboxylic acids is 1. The van der Waals surface area contributed by atoms with Crippen LogP contribution in [0.25, 0.3) is 0 Å². The third-order valence-corrected chi connectivity index (χ3v) is 5.31. The average Bonchev–Trinajstić information content (AvgIpc) is 2.68. The summed E-state index contributed by atoms with van der Waals surface area (Å²) < 4.78 is 26.6. The minimum absolute atomic E-state index is 0.00388. The number of nitrogens with zero attached hydrogens (tertiary/aromatic N) is 1. The van der Waals surface area contributed by atoms with Crippen molar-refractivity contribution >= 4 is 33.3 Å². The van der Waals surface area contributed by atoms with Gasteiger partial charge in [0.1, 0.15) is 0 Å². The van der Waals surface area contributed by atoms with Gasteiger partial charge in [0.15, 0.2) is 0 Å². The molecular formula is C19H14ClNO4S. The van der Waals surface area contributed by atoms with Crippen molar-refractivity contribution in [2.45, 2.75) is 4.90 Å². The number of rotatable bonds is 5. The molecule has 0 radical (unpaired) electrons. The van der Waals surface area contributed by atoms with E-state index in [0.717, 1.165) is 0 Å². The van der Waals surface area contributed by atoms with E-state index in [2.05, 4.69) is 0 Å². The Morgan fingerprint density at radius 3 is 1.92 bits per heavy atom. The maximum Gasteiger partial charge on any atom is 0.364 e. The number of anilines is 1. The summed E-state index contributed by atoms with van der Waals surface area (Å²) in [7, 11) is -4.12. The van der Waals surface area contributed by atoms with Crippen molar-refractivity contribution < 1.29 is 18.0 Å². The Balaban J connectivity index is 2.02. The Bertz CT molecular complexity index is 991. The van der Waals surface area contributed by atoms with Crippen LogP contribution in [0.3, 0.4) is 0 Å². The highest BCUT2D eigenvalue weighted by atomic mass is 35.5. The lowest BCUT2D eigenvalue weighted by atomic mass is 10.2. The molecule has 0 atom stereocenters. The third kappa shape index (κ3) is 3.87. The number of benzene rings is 3. The van der Waals surface area contributed by atoms with Crippen molar-refractivity contribution in [1.29, 1.82) is 0 Å². The lowest BCUT2D eigenvalue weighted by molar-refractivity contribution is 0.0528. The fraction of sp³-hybridized carbons (Fsp3) is 0. The standard InChI is InChI=1S/C19H14ClNO4S/c20-16-11-13-17(14-12-16)21(25-19(22)15-7-3-1-4-8-15)26(23,24)18-9-5-2-6-10-18/h1-14H. The maximum atomic E-state index is 13.0. The van der Waals surface area contributed by atoms with Gasteiger partial charge in [-0.25, -0.2) is 4.79 Å². The SMILES string of the molecule is O=C(ON(c1ccc(Cl)cc1)S(=O)(=O)c1ccccc1)c1ccccc1. The molecule has 3 rings (SSSR count). The number of hydrogen-bond donors (Lipinski definition) is 0. The zero-order valence-electron chi connectivity index (χ0n) is 13.4. The molecule has 132 valence electrons. The van der Waals surface area contributed by atoms with Crippen LogP contribution in [0.5, 0.6) is 0 Å². The minimum Gasteiger partial charge on any atom is -0.320 e. The molecule has 0 aromatic heterocycles. The average molecular weight is 388 g/mol. The largest absolute Gasteiger partial charge is 0.364 e. The number of sulfonamides is 1. The predicted octanol–water partition coefficient (Wildman–Crippen LogP) is 4.31. The monoisotopic (exact) mass is 387 g/mol. The van der Waals surface area contributed by atoms with Gasteiger partial charge in [-0.1, -0.05) is 52.5 Å². The van der Waals surface area contributed by atoms with Gasteiger partial charge in [-0.2, -0.15) is 8.42 Å². The van der Waals surface area contributed by atoms with Gasteiger partial charge in [0.25, 0.3) is 10.0 Å². The van der Waals surface area contributed by atoms with Gasteiger partial charge < -0.3 is 4.84 Å². The van der Waals surface area contributed by atoms with Crippen molar-refractivity contribution in [3.8, 4) is 0 Å². The van der Waals surface area contributed by atoms with Crippen LogP contribution in [0, 0.1) is 0 Å². The van der Waals surface area contributed by atoms with Crippen LogP contribution in [0.2, 0.25) is 5.02 Å². The van der Waals surface area contributed by atoms with Crippen LogP contribution in [0.1, 0.15) is 10.4 Å². The molecule has 0 heterocycles. The highest BCUT2D eigenvalue weighted by molar-refractivity contribution is 7.92. The van der Waals surface area contributed by atoms with E-state index in [1.165, 1.54) is 48.5 Å². The Hall–Kier alpha value is -2.83. The molecule has 0 saturated heterocycles. The van der Waals surface area contributed by atoms with E-state index in [0.29, 0.717) is 9.49 Å². The molecule has 0 saturated carbocycles. The van der Waals surface area contributed by atoms with E-state index in [4.69, 9.17) is 16.4 Å². The number of carbonyl (C=O) groups is 1. The summed E-state index contributed by atoms with van der Waals surface area (Å²) in [6.45, 7) is 0. The van der Waals surface area contributed by atoms with Gasteiger partial charge in [-0.05, 0) is 48.5 Å². The van der Waals surface area contributed by atoms with Gasteiger partial charge in [-0.15, -0.1) is 0 Å². The minimum atomic E-state index is -4.12. The first-order chi connectivity index (χ1) is 12.5. The topological polar surface area (TPSA) is 63.7 Å². The molecule has 0 spiro atoms. The molecule has 26 heavy (non-hydrogen) atoms. The Kier molecular flexibility index (Phi) is 5.25. The molecule has 0 amide bonds. The molecule has 7 heteroatoms. The van der Waals surface area contributed by atoms with E-state index in [9.17, 15) is 13.2 Å². The molecule has 0 N–H and O–H groups in total. The number of halogens is 1. The second-order valence-electron chi connectivity index (χ2n) is 5.27. The van der Waals surface area contributed by atoms with Crippen LogP contribution in [-0.4, -0.2) is 14.4 Å². The summed E-state index contributed by atoms with van der Waals surface area (Å²) in [5, 5.41) is 0.431. The molecule has 0 fully saturated rings. The second-order valence-corrected chi connectivity index (χ2v) is 7.46. The molecule has 0 aliphatic rings. The number of hydrogen-bond acceptors (Lipinski definition) is 4. The first-order valence-electron chi connectivity index (χ1n) is 7.62. The van der Waals surface area contributed by atoms with Gasteiger partial charge in [0.2, 0.25) is 0 Å². The highest BCUT2D eigenvalue weighted by Gasteiger charge is 2.29. The normalized spacial score (nSPS) is 11.0. The Morgan fingerprint density at radius 1 is 0.808 bits per heavy atom. The van der Waals surface area contributed by atoms with E-state index in [1.807, 2.05) is 0 Å². The fourth-order valence-corrected chi connectivity index (χ4v) is 3.58. The predicted molar refractivity (Wildman–Crippen MR) is 99.4 cm³/mol. The molecule has 3 aromatic carbocycles. The third-order valence-electron chi connectivity index (χ3n) is 3.47. The van der Waals surface area contributed by atoms with Crippen LogP contribution < -0.4 is 4.47 Å². The summed E-state index contributed by atoms with van der Waals surface area (Å²) in [5.41, 5.74) is 0.386. The van der Waals surface area contributed by atoms with Crippen LogP contribution in [0.15, 0.2) is 89.8 Å². The van der Waals surface area contributed by atoms with Crippen molar-refractivity contribution in [2.75, 3.05) is 4.47 Å². The lowest BCUT2D eigenvalue weighted by Crippen LogP contribution is -2.33. The van der Waals surface area contributed by atoms with E-state index in [1.54, 1.807) is 36.4 Å². The van der Waals surface area contributed by atoms with Gasteiger partial charge in [0.05, 0.1) is 16.1 Å². The molecule has 0 aliphatic carbocycles. The van der Waals surface area contributed by atoms with Crippen molar-refractivity contribution in [3.63, 3.8) is 0 Å². The van der Waals surface area contributed by atoms with Crippen molar-refractivity contribution in [3.05, 3.63) is 95.5 Å². The first-order valence-corrected chi connectivity index (χ1v) is 9.43. The van der Waals surface area contributed by atoms with Crippen molar-refractivity contribution in [1.82, 2.24) is 0 Å². The zero-order valence-corrected chi connectivity index (χ0v) is 15.0. The fourth-order valence-electron chi connectivity index (χ4n) is 2.19. The molecule has 3 aromatic rings. The molecule has 0 unspecified atom stereocenters. The molecule has 5 nitrogen and oxygen atoms in total. The van der Waals surface area contributed by atoms with E-state index < -0.39 is 16.0 Å². The summed E-state index contributed by atoms with van der Waals surface area (Å²) in [6.07, 6.45) is 0. The lowest BCUT2D eigenvalue weighted by Gasteiger charge is -2.22. The summed E-state index contributed by atoms with van der Waals surface area (Å²) >= 11 is 5.87. The quantitative estimate of drug-likeness (QED) is 0.612. The summed E-state index contributed by atoms with van der Waals surface area (Å²) in [6, 6.07) is 21.8. The van der Waals surface area contributed by atoms with Gasteiger partial charge in [-0.3, -0.25) is 0 Å².